The van der Waals surface area contributed by atoms with E-state index in [1.807, 2.05) is 31.2 Å². The van der Waals surface area contributed by atoms with Crippen LogP contribution in [0.15, 0.2) is 39.9 Å². The Morgan fingerprint density at radius 3 is 2.69 bits per heavy atom. The summed E-state index contributed by atoms with van der Waals surface area (Å²) < 4.78 is 11.2. The third-order valence-electron chi connectivity index (χ3n) is 3.58. The van der Waals surface area contributed by atoms with Crippen LogP contribution in [0, 0.1) is 12.8 Å². The predicted octanol–water partition coefficient (Wildman–Crippen LogP) is 3.38. The van der Waals surface area contributed by atoms with Crippen molar-refractivity contribution in [2.45, 2.75) is 34.2 Å². The molecule has 0 aliphatic carbocycles. The lowest BCUT2D eigenvalue weighted by Gasteiger charge is -2.11. The van der Waals surface area contributed by atoms with Crippen LogP contribution in [0.1, 0.15) is 32.0 Å². The Balaban J connectivity index is 1.87. The number of hydrogen-bond acceptors (Lipinski definition) is 4. The Morgan fingerprint density at radius 1 is 1.23 bits per heavy atom. The maximum absolute atomic E-state index is 5.58. The number of nitrogens with one attached hydrogen (secondary N) is 2. The standard InChI is InChI=1S/C20H30N4O2/c1-5-21-20(22-10-11-25-13-15(2)3)23-12-18-14-26-19(24-18)17-8-6-16(4)7-9-17/h6-9,14-15H,5,10-13H2,1-4H3,(H2,21,22,23). The van der Waals surface area contributed by atoms with Crippen molar-refractivity contribution in [1.29, 1.82) is 0 Å². The Morgan fingerprint density at radius 2 is 2.00 bits per heavy atom. The van der Waals surface area contributed by atoms with Crippen molar-refractivity contribution >= 4 is 5.96 Å². The summed E-state index contributed by atoms with van der Waals surface area (Å²) in [4.78, 5) is 9.07. The van der Waals surface area contributed by atoms with E-state index in [1.165, 1.54) is 5.56 Å². The molecule has 0 unspecified atom stereocenters. The quantitative estimate of drug-likeness (QED) is 0.408. The number of aryl methyl sites for hydroxylation is 1. The van der Waals surface area contributed by atoms with Crippen molar-refractivity contribution in [3.05, 3.63) is 41.8 Å². The topological polar surface area (TPSA) is 71.7 Å². The molecule has 2 aromatic rings. The van der Waals surface area contributed by atoms with E-state index in [0.29, 0.717) is 31.5 Å². The fraction of sp³-hybridized carbons (Fsp3) is 0.500. The van der Waals surface area contributed by atoms with Gasteiger partial charge in [-0.25, -0.2) is 9.98 Å². The summed E-state index contributed by atoms with van der Waals surface area (Å²) in [6.45, 7) is 11.8. The van der Waals surface area contributed by atoms with Gasteiger partial charge in [-0.1, -0.05) is 31.5 Å². The fourth-order valence-corrected chi connectivity index (χ4v) is 2.27. The van der Waals surface area contributed by atoms with Crippen LogP contribution in [0.25, 0.3) is 11.5 Å². The number of aromatic nitrogens is 1. The van der Waals surface area contributed by atoms with Gasteiger partial charge in [-0.05, 0) is 31.9 Å². The Labute approximate surface area is 156 Å². The third kappa shape index (κ3) is 6.88. The molecule has 6 heteroatoms. The highest BCUT2D eigenvalue weighted by Crippen LogP contribution is 2.19. The second-order valence-electron chi connectivity index (χ2n) is 6.60. The molecule has 0 amide bonds. The van der Waals surface area contributed by atoms with Crippen LogP contribution in [-0.4, -0.2) is 37.2 Å². The molecule has 2 N–H and O–H groups in total. The highest BCUT2D eigenvalue weighted by atomic mass is 16.5. The van der Waals surface area contributed by atoms with Gasteiger partial charge < -0.3 is 19.8 Å². The molecule has 1 aromatic carbocycles. The summed E-state index contributed by atoms with van der Waals surface area (Å²) in [6, 6.07) is 8.12. The smallest absolute Gasteiger partial charge is 0.226 e. The van der Waals surface area contributed by atoms with Gasteiger partial charge in [0.2, 0.25) is 5.89 Å². The maximum Gasteiger partial charge on any atom is 0.226 e. The number of oxazole rings is 1. The lowest BCUT2D eigenvalue weighted by molar-refractivity contribution is 0.114. The molecule has 0 saturated carbocycles. The minimum absolute atomic E-state index is 0.456. The molecular weight excluding hydrogens is 328 g/mol. The minimum atomic E-state index is 0.456. The van der Waals surface area contributed by atoms with E-state index >= 15 is 0 Å². The molecule has 6 nitrogen and oxygen atoms in total. The predicted molar refractivity (Wildman–Crippen MR) is 105 cm³/mol. The van der Waals surface area contributed by atoms with Crippen LogP contribution < -0.4 is 10.6 Å². The number of nitrogens with zero attached hydrogens (tertiary/aromatic N) is 2. The van der Waals surface area contributed by atoms with Crippen LogP contribution >= 0.6 is 0 Å². The molecule has 26 heavy (non-hydrogen) atoms. The van der Waals surface area contributed by atoms with Crippen molar-refractivity contribution in [1.82, 2.24) is 15.6 Å². The van der Waals surface area contributed by atoms with E-state index in [2.05, 4.69) is 41.4 Å². The number of hydrogen-bond donors (Lipinski definition) is 2. The first-order valence-electron chi connectivity index (χ1n) is 9.19. The molecule has 0 fully saturated rings. The first kappa shape index (κ1) is 20.0. The molecule has 1 heterocycles. The first-order valence-corrected chi connectivity index (χ1v) is 9.19. The molecule has 142 valence electrons. The van der Waals surface area contributed by atoms with Crippen LogP contribution in [0.4, 0.5) is 0 Å². The van der Waals surface area contributed by atoms with Gasteiger partial charge in [0.15, 0.2) is 5.96 Å². The van der Waals surface area contributed by atoms with E-state index in [9.17, 15) is 0 Å². The number of ether oxygens (including phenoxy) is 1. The van der Waals surface area contributed by atoms with Crippen molar-refractivity contribution < 1.29 is 9.15 Å². The van der Waals surface area contributed by atoms with Gasteiger partial charge in [-0.15, -0.1) is 0 Å². The summed E-state index contributed by atoms with van der Waals surface area (Å²) in [5.41, 5.74) is 2.98. The monoisotopic (exact) mass is 358 g/mol. The molecule has 0 saturated heterocycles. The second-order valence-corrected chi connectivity index (χ2v) is 6.60. The van der Waals surface area contributed by atoms with Crippen LogP contribution in [0.3, 0.4) is 0 Å². The molecule has 0 aliphatic heterocycles. The maximum atomic E-state index is 5.58. The number of rotatable bonds is 9. The SMILES string of the molecule is CCNC(=NCc1coc(-c2ccc(C)cc2)n1)NCCOCC(C)C. The Kier molecular flexibility index (Phi) is 8.15. The molecule has 0 atom stereocenters. The summed E-state index contributed by atoms with van der Waals surface area (Å²) >= 11 is 0. The fourth-order valence-electron chi connectivity index (χ4n) is 2.27. The van der Waals surface area contributed by atoms with E-state index < -0.39 is 0 Å². The van der Waals surface area contributed by atoms with Gasteiger partial charge >= 0.3 is 0 Å². The lowest BCUT2D eigenvalue weighted by atomic mass is 10.1. The molecular formula is C20H30N4O2. The summed E-state index contributed by atoms with van der Waals surface area (Å²) in [5.74, 6) is 1.92. The molecule has 1 aromatic heterocycles. The zero-order valence-corrected chi connectivity index (χ0v) is 16.2. The van der Waals surface area contributed by atoms with E-state index in [0.717, 1.165) is 30.4 Å². The zero-order valence-electron chi connectivity index (χ0n) is 16.2. The largest absolute Gasteiger partial charge is 0.444 e. The van der Waals surface area contributed by atoms with Gasteiger partial charge in [0.1, 0.15) is 12.0 Å². The van der Waals surface area contributed by atoms with Gasteiger partial charge in [-0.2, -0.15) is 0 Å². The second kappa shape index (κ2) is 10.6. The zero-order chi connectivity index (χ0) is 18.8. The molecule has 0 bridgehead atoms. The van der Waals surface area contributed by atoms with Crippen LogP contribution in [0.2, 0.25) is 0 Å². The Hall–Kier alpha value is -2.34. The van der Waals surface area contributed by atoms with Gasteiger partial charge in [-0.3, -0.25) is 0 Å². The highest BCUT2D eigenvalue weighted by molar-refractivity contribution is 5.79. The number of benzene rings is 1. The van der Waals surface area contributed by atoms with E-state index in [1.54, 1.807) is 6.26 Å². The number of aliphatic imine (C=N–C) groups is 1. The highest BCUT2D eigenvalue weighted by Gasteiger charge is 2.06. The van der Waals surface area contributed by atoms with Gasteiger partial charge in [0.05, 0.1) is 13.2 Å². The summed E-state index contributed by atoms with van der Waals surface area (Å²) in [7, 11) is 0. The third-order valence-corrected chi connectivity index (χ3v) is 3.58. The van der Waals surface area contributed by atoms with Gasteiger partial charge in [0, 0.05) is 25.3 Å². The molecule has 2 rings (SSSR count). The normalized spacial score (nSPS) is 11.8. The van der Waals surface area contributed by atoms with Crippen LogP contribution in [-0.2, 0) is 11.3 Å². The first-order chi connectivity index (χ1) is 12.6. The van der Waals surface area contributed by atoms with Gasteiger partial charge in [0.25, 0.3) is 0 Å². The Bertz CT molecular complexity index is 677. The van der Waals surface area contributed by atoms with Crippen molar-refractivity contribution in [3.63, 3.8) is 0 Å². The summed E-state index contributed by atoms with van der Waals surface area (Å²) in [6.07, 6.45) is 1.66. The lowest BCUT2D eigenvalue weighted by Crippen LogP contribution is -2.39. The summed E-state index contributed by atoms with van der Waals surface area (Å²) in [5, 5.41) is 6.49. The average Bonchev–Trinajstić information content (AvgIpc) is 3.08. The molecule has 0 spiro atoms. The number of guanidine groups is 1. The van der Waals surface area contributed by atoms with E-state index in [4.69, 9.17) is 9.15 Å². The van der Waals surface area contributed by atoms with Crippen LogP contribution in [0.5, 0.6) is 0 Å². The average molecular weight is 358 g/mol. The minimum Gasteiger partial charge on any atom is -0.444 e. The molecule has 0 aliphatic rings. The molecule has 0 radical (unpaired) electrons. The van der Waals surface area contributed by atoms with Crippen molar-refractivity contribution in [2.24, 2.45) is 10.9 Å². The van der Waals surface area contributed by atoms with Crippen molar-refractivity contribution in [2.75, 3.05) is 26.3 Å². The van der Waals surface area contributed by atoms with E-state index in [-0.39, 0.29) is 0 Å². The van der Waals surface area contributed by atoms with Crippen molar-refractivity contribution in [3.8, 4) is 11.5 Å².